The first-order chi connectivity index (χ1) is 17.8. The second-order valence-corrected chi connectivity index (χ2v) is 12.8. The summed E-state index contributed by atoms with van der Waals surface area (Å²) in [4.78, 5) is 75.4. The van der Waals surface area contributed by atoms with E-state index in [9.17, 15) is 28.8 Å². The van der Waals surface area contributed by atoms with Crippen molar-refractivity contribution in [2.75, 3.05) is 13.1 Å². The number of likely N-dealkylation sites (tertiary alicyclic amines) is 1. The van der Waals surface area contributed by atoms with Crippen LogP contribution in [0.2, 0.25) is 0 Å². The van der Waals surface area contributed by atoms with Crippen molar-refractivity contribution in [1.29, 1.82) is 0 Å². The molecule has 1 unspecified atom stereocenters. The van der Waals surface area contributed by atoms with Crippen molar-refractivity contribution in [3.05, 3.63) is 0 Å². The van der Waals surface area contributed by atoms with Gasteiger partial charge in [0.1, 0.15) is 18.1 Å². The van der Waals surface area contributed by atoms with Crippen LogP contribution in [-0.2, 0) is 28.8 Å². The summed E-state index contributed by atoms with van der Waals surface area (Å²) in [6.45, 7) is 17.2. The molecule has 0 spiro atoms. The number of carbonyl (C=O) groups is 6. The fourth-order valence-corrected chi connectivity index (χ4v) is 4.02. The van der Waals surface area contributed by atoms with Gasteiger partial charge in [0.05, 0.1) is 5.92 Å². The predicted molar refractivity (Wildman–Crippen MR) is 148 cm³/mol. The fourth-order valence-electron chi connectivity index (χ4n) is 4.02. The van der Waals surface area contributed by atoms with Crippen LogP contribution in [0.1, 0.15) is 94.4 Å². The zero-order chi connectivity index (χ0) is 30.1. The number of unbranched alkanes of at least 4 members (excludes halogenated alkanes) is 2. The Morgan fingerprint density at radius 2 is 1.31 bits per heavy atom. The van der Waals surface area contributed by atoms with E-state index >= 15 is 0 Å². The second-order valence-electron chi connectivity index (χ2n) is 12.8. The summed E-state index contributed by atoms with van der Waals surface area (Å²) >= 11 is 0. The van der Waals surface area contributed by atoms with Gasteiger partial charge in [-0.3, -0.25) is 33.7 Å². The molecule has 4 atom stereocenters. The van der Waals surface area contributed by atoms with Gasteiger partial charge in [-0.2, -0.15) is 0 Å². The van der Waals surface area contributed by atoms with Crippen molar-refractivity contribution in [1.82, 2.24) is 26.2 Å². The molecule has 0 aromatic rings. The lowest BCUT2D eigenvalue weighted by Gasteiger charge is -2.24. The summed E-state index contributed by atoms with van der Waals surface area (Å²) in [5.74, 6) is -2.20. The maximum Gasteiger partial charge on any atom is 0.242 e. The first-order valence-electron chi connectivity index (χ1n) is 13.9. The summed E-state index contributed by atoms with van der Waals surface area (Å²) < 4.78 is 0. The van der Waals surface area contributed by atoms with Gasteiger partial charge in [-0.1, -0.05) is 48.0 Å². The van der Waals surface area contributed by atoms with Gasteiger partial charge >= 0.3 is 0 Å². The summed E-state index contributed by atoms with van der Waals surface area (Å²) in [5, 5.41) is 10.5. The Labute approximate surface area is 233 Å². The Hall–Kier alpha value is -2.98. The van der Waals surface area contributed by atoms with Gasteiger partial charge in [0, 0.05) is 25.9 Å². The highest BCUT2D eigenvalue weighted by molar-refractivity contribution is 6.03. The minimum Gasteiger partial charge on any atom is -0.354 e. The molecular formula is C28H49N5O6. The molecule has 11 nitrogen and oxygen atoms in total. The number of rotatable bonds is 13. The number of imide groups is 1. The van der Waals surface area contributed by atoms with Gasteiger partial charge < -0.3 is 21.3 Å². The number of nitrogens with zero attached hydrogens (tertiary/aromatic N) is 1. The minimum atomic E-state index is -0.899. The molecule has 11 heteroatoms. The van der Waals surface area contributed by atoms with Crippen LogP contribution in [0, 0.1) is 16.7 Å². The number of carbonyl (C=O) groups excluding carboxylic acids is 6. The molecule has 1 fully saturated rings. The normalized spacial score (nSPS) is 18.3. The van der Waals surface area contributed by atoms with Crippen molar-refractivity contribution < 1.29 is 28.8 Å². The van der Waals surface area contributed by atoms with E-state index in [1.165, 1.54) is 18.7 Å². The molecular weight excluding hydrogens is 502 g/mol. The zero-order valence-corrected chi connectivity index (χ0v) is 25.2. The highest BCUT2D eigenvalue weighted by Crippen LogP contribution is 2.35. The number of hydrogen-bond donors (Lipinski definition) is 4. The van der Waals surface area contributed by atoms with E-state index in [1.807, 2.05) is 41.5 Å². The molecule has 6 amide bonds. The molecule has 0 aromatic heterocycles. The SMILES string of the molecule is C[C@H](NC(=O)CCCCCN1C(=O)CC(C(C)(C)C)C1=O)C(=O)N[C@@H](C)C(=O)N[C@@H](C)C(=O)NCC(C)(C)C. The Balaban J connectivity index is 2.34. The van der Waals surface area contributed by atoms with Gasteiger partial charge in [-0.05, 0) is 44.4 Å². The largest absolute Gasteiger partial charge is 0.354 e. The smallest absolute Gasteiger partial charge is 0.242 e. The fraction of sp³-hybridized carbons (Fsp3) is 0.786. The molecule has 0 aliphatic carbocycles. The van der Waals surface area contributed by atoms with E-state index in [2.05, 4.69) is 21.3 Å². The molecule has 39 heavy (non-hydrogen) atoms. The summed E-state index contributed by atoms with van der Waals surface area (Å²) in [5.41, 5.74) is -0.350. The van der Waals surface area contributed by atoms with Crippen molar-refractivity contribution in [3.63, 3.8) is 0 Å². The summed E-state index contributed by atoms with van der Waals surface area (Å²) in [6, 6.07) is -2.52. The lowest BCUT2D eigenvalue weighted by molar-refractivity contribution is -0.140. The molecule has 0 saturated carbocycles. The maximum atomic E-state index is 12.5. The number of amides is 6. The van der Waals surface area contributed by atoms with E-state index in [4.69, 9.17) is 0 Å². The first-order valence-corrected chi connectivity index (χ1v) is 13.9. The summed E-state index contributed by atoms with van der Waals surface area (Å²) in [6.07, 6.45) is 2.26. The van der Waals surface area contributed by atoms with Gasteiger partial charge in [0.25, 0.3) is 0 Å². The monoisotopic (exact) mass is 551 g/mol. The average Bonchev–Trinajstić information content (AvgIpc) is 3.10. The van der Waals surface area contributed by atoms with E-state index in [-0.39, 0.29) is 53.2 Å². The molecule has 1 rings (SSSR count). The van der Waals surface area contributed by atoms with Crippen LogP contribution < -0.4 is 21.3 Å². The molecule has 222 valence electrons. The molecule has 4 N–H and O–H groups in total. The molecule has 1 saturated heterocycles. The zero-order valence-electron chi connectivity index (χ0n) is 25.2. The van der Waals surface area contributed by atoms with Crippen LogP contribution in [0.15, 0.2) is 0 Å². The quantitative estimate of drug-likeness (QED) is 0.202. The van der Waals surface area contributed by atoms with Gasteiger partial charge in [-0.15, -0.1) is 0 Å². The highest BCUT2D eigenvalue weighted by Gasteiger charge is 2.44. The van der Waals surface area contributed by atoms with Crippen LogP contribution in [0.5, 0.6) is 0 Å². The average molecular weight is 552 g/mol. The Kier molecular flexibility index (Phi) is 12.6. The van der Waals surface area contributed by atoms with Crippen LogP contribution in [0.25, 0.3) is 0 Å². The van der Waals surface area contributed by atoms with Crippen LogP contribution in [0.3, 0.4) is 0 Å². The van der Waals surface area contributed by atoms with Crippen molar-refractivity contribution in [2.24, 2.45) is 16.7 Å². The Morgan fingerprint density at radius 1 is 0.795 bits per heavy atom. The third kappa shape index (κ3) is 11.7. The van der Waals surface area contributed by atoms with Crippen LogP contribution >= 0.6 is 0 Å². The molecule has 0 bridgehead atoms. The minimum absolute atomic E-state index is 0.0915. The highest BCUT2D eigenvalue weighted by atomic mass is 16.2. The van der Waals surface area contributed by atoms with Gasteiger partial charge in [-0.25, -0.2) is 0 Å². The van der Waals surface area contributed by atoms with E-state index < -0.39 is 29.9 Å². The van der Waals surface area contributed by atoms with Crippen LogP contribution in [-0.4, -0.2) is 71.6 Å². The Bertz CT molecular complexity index is 920. The van der Waals surface area contributed by atoms with Crippen LogP contribution in [0.4, 0.5) is 0 Å². The molecule has 1 heterocycles. The topological polar surface area (TPSA) is 154 Å². The van der Waals surface area contributed by atoms with E-state index in [0.29, 0.717) is 32.4 Å². The Morgan fingerprint density at radius 3 is 1.79 bits per heavy atom. The molecule has 1 aliphatic heterocycles. The van der Waals surface area contributed by atoms with Crippen molar-refractivity contribution >= 4 is 35.4 Å². The van der Waals surface area contributed by atoms with Gasteiger partial charge in [0.15, 0.2) is 0 Å². The molecule has 0 radical (unpaired) electrons. The third-order valence-corrected chi connectivity index (χ3v) is 6.64. The third-order valence-electron chi connectivity index (χ3n) is 6.64. The lowest BCUT2D eigenvalue weighted by atomic mass is 9.80. The standard InChI is InChI=1S/C28H49N5O6/c1-17(23(36)29-16-27(4,5)6)31-25(38)19(3)32-24(37)18(2)30-21(34)13-11-10-12-14-33-22(35)15-20(26(33)39)28(7,8)9/h17-20H,10-16H2,1-9H3,(H,29,36)(H,30,34)(H,31,38)(H,32,37)/t17-,18-,19-,20?/m0/s1. The van der Waals surface area contributed by atoms with Crippen molar-refractivity contribution in [3.8, 4) is 0 Å². The van der Waals surface area contributed by atoms with E-state index in [0.717, 1.165) is 0 Å². The predicted octanol–water partition coefficient (Wildman–Crippen LogP) is 1.64. The molecule has 1 aliphatic rings. The molecule has 0 aromatic carbocycles. The maximum absolute atomic E-state index is 12.5. The van der Waals surface area contributed by atoms with E-state index in [1.54, 1.807) is 6.92 Å². The number of hydrogen-bond acceptors (Lipinski definition) is 6. The van der Waals surface area contributed by atoms with Gasteiger partial charge in [0.2, 0.25) is 35.4 Å². The lowest BCUT2D eigenvalue weighted by Crippen LogP contribution is -2.54. The number of nitrogens with one attached hydrogen (secondary N) is 4. The second kappa shape index (κ2) is 14.4. The first kappa shape index (κ1) is 34.0. The van der Waals surface area contributed by atoms with Crippen molar-refractivity contribution in [2.45, 2.75) is 113 Å². The summed E-state index contributed by atoms with van der Waals surface area (Å²) in [7, 11) is 0.